The second kappa shape index (κ2) is 9.77. The number of nitrogens with two attached hydrogens (primary N) is 1. The van der Waals surface area contributed by atoms with Crippen LogP contribution in [0.15, 0.2) is 66.7 Å². The molecule has 0 aliphatic heterocycles. The number of hydrogen-bond acceptors (Lipinski definition) is 3. The fourth-order valence-electron chi connectivity index (χ4n) is 4.21. The Morgan fingerprint density at radius 2 is 1.56 bits per heavy atom. The Morgan fingerprint density at radius 3 is 2.25 bits per heavy atom. The number of aryl methyl sites for hydroxylation is 1. The number of carbonyl (C=O) groups is 1. The zero-order chi connectivity index (χ0) is 22.5. The normalized spacial score (nSPS) is 12.2. The number of aromatic nitrogens is 1. The molecule has 1 unspecified atom stereocenters. The highest BCUT2D eigenvalue weighted by atomic mass is 16.5. The number of ether oxygens (including phenoxy) is 2. The molecule has 5 nitrogen and oxygen atoms in total. The van der Waals surface area contributed by atoms with Crippen molar-refractivity contribution in [2.45, 2.75) is 39.2 Å². The lowest BCUT2D eigenvalue weighted by molar-refractivity contribution is -0.121. The van der Waals surface area contributed by atoms with Crippen LogP contribution in [-0.2, 0) is 4.79 Å². The zero-order valence-corrected chi connectivity index (χ0v) is 18.7. The quantitative estimate of drug-likeness (QED) is 0.324. The van der Waals surface area contributed by atoms with Gasteiger partial charge in [0.15, 0.2) is 0 Å². The molecule has 0 saturated heterocycles. The summed E-state index contributed by atoms with van der Waals surface area (Å²) in [5.74, 6) is 1.37. The molecule has 166 valence electrons. The standard InChI is InChI=1S/C27H30N2O3/c1-3-24(27(28)30)29-25-12-5-4-11-22(25)23-14-13-21(18-26(23)29)32-16-7-6-15-31-20-10-8-9-19(2)17-20/h4-5,8-14,17-18,24H,3,6-7,15-16H2,1-2H3,(H2,28,30). The Balaban J connectivity index is 1.45. The van der Waals surface area contributed by atoms with Crippen molar-refractivity contribution in [2.75, 3.05) is 13.2 Å². The van der Waals surface area contributed by atoms with E-state index in [9.17, 15) is 4.79 Å². The summed E-state index contributed by atoms with van der Waals surface area (Å²) >= 11 is 0. The van der Waals surface area contributed by atoms with Gasteiger partial charge in [0.05, 0.1) is 18.7 Å². The Morgan fingerprint density at radius 1 is 0.875 bits per heavy atom. The Labute approximate surface area is 188 Å². The van der Waals surface area contributed by atoms with Gasteiger partial charge in [0.2, 0.25) is 5.91 Å². The molecule has 0 aliphatic rings. The van der Waals surface area contributed by atoms with Gasteiger partial charge in [-0.25, -0.2) is 0 Å². The van der Waals surface area contributed by atoms with Crippen LogP contribution in [0.3, 0.4) is 0 Å². The molecule has 0 bridgehead atoms. The number of amides is 1. The van der Waals surface area contributed by atoms with Crippen LogP contribution in [-0.4, -0.2) is 23.7 Å². The van der Waals surface area contributed by atoms with Gasteiger partial charge < -0.3 is 19.8 Å². The van der Waals surface area contributed by atoms with E-state index in [-0.39, 0.29) is 5.91 Å². The number of rotatable bonds is 10. The monoisotopic (exact) mass is 430 g/mol. The molecule has 32 heavy (non-hydrogen) atoms. The minimum atomic E-state index is -0.397. The molecule has 3 aromatic carbocycles. The molecule has 0 aliphatic carbocycles. The summed E-state index contributed by atoms with van der Waals surface area (Å²) in [5.41, 5.74) is 8.91. The third kappa shape index (κ3) is 4.57. The van der Waals surface area contributed by atoms with Crippen LogP contribution in [0.5, 0.6) is 11.5 Å². The first-order chi connectivity index (χ1) is 15.6. The molecular formula is C27H30N2O3. The maximum absolute atomic E-state index is 12.2. The minimum absolute atomic E-state index is 0.324. The van der Waals surface area contributed by atoms with Crippen molar-refractivity contribution in [3.05, 3.63) is 72.3 Å². The summed E-state index contributed by atoms with van der Waals surface area (Å²) < 4.78 is 13.9. The molecular weight excluding hydrogens is 400 g/mol. The number of benzene rings is 3. The van der Waals surface area contributed by atoms with Crippen molar-refractivity contribution in [3.63, 3.8) is 0 Å². The predicted octanol–water partition coefficient (Wildman–Crippen LogP) is 5.78. The fraction of sp³-hybridized carbons (Fsp3) is 0.296. The van der Waals surface area contributed by atoms with Crippen LogP contribution in [0.2, 0.25) is 0 Å². The minimum Gasteiger partial charge on any atom is -0.494 e. The summed E-state index contributed by atoms with van der Waals surface area (Å²) in [6.45, 7) is 5.31. The van der Waals surface area contributed by atoms with E-state index in [0.717, 1.165) is 46.1 Å². The number of fused-ring (bicyclic) bond motifs is 3. The smallest absolute Gasteiger partial charge is 0.240 e. The van der Waals surface area contributed by atoms with E-state index >= 15 is 0 Å². The van der Waals surface area contributed by atoms with E-state index in [4.69, 9.17) is 15.2 Å². The van der Waals surface area contributed by atoms with E-state index in [0.29, 0.717) is 19.6 Å². The Bertz CT molecular complexity index is 1230. The number of hydrogen-bond donors (Lipinski definition) is 1. The number of nitrogens with zero attached hydrogens (tertiary/aromatic N) is 1. The third-order valence-corrected chi connectivity index (χ3v) is 5.77. The van der Waals surface area contributed by atoms with Crippen LogP contribution in [0, 0.1) is 6.92 Å². The number of unbranched alkanes of at least 4 members (excludes halogenated alkanes) is 1. The Hall–Kier alpha value is -3.47. The van der Waals surface area contributed by atoms with Gasteiger partial charge in [-0.1, -0.05) is 37.3 Å². The SMILES string of the molecule is CCC(C(N)=O)n1c2ccccc2c2ccc(OCCCCOc3cccc(C)c3)cc21. The van der Waals surface area contributed by atoms with Crippen molar-refractivity contribution in [3.8, 4) is 11.5 Å². The van der Waals surface area contributed by atoms with Crippen LogP contribution in [0.1, 0.15) is 37.8 Å². The van der Waals surface area contributed by atoms with E-state index in [1.165, 1.54) is 5.56 Å². The average molecular weight is 431 g/mol. The highest BCUT2D eigenvalue weighted by Crippen LogP contribution is 2.34. The molecule has 0 fully saturated rings. The third-order valence-electron chi connectivity index (χ3n) is 5.77. The molecule has 0 radical (unpaired) electrons. The van der Waals surface area contributed by atoms with Crippen LogP contribution in [0.25, 0.3) is 21.8 Å². The molecule has 1 atom stereocenters. The predicted molar refractivity (Wildman–Crippen MR) is 129 cm³/mol. The van der Waals surface area contributed by atoms with Gasteiger partial charge in [0, 0.05) is 22.4 Å². The second-order valence-corrected chi connectivity index (χ2v) is 8.11. The lowest BCUT2D eigenvalue weighted by atomic mass is 10.1. The number of para-hydroxylation sites is 1. The topological polar surface area (TPSA) is 66.5 Å². The van der Waals surface area contributed by atoms with Crippen molar-refractivity contribution in [1.82, 2.24) is 4.57 Å². The lowest BCUT2D eigenvalue weighted by Crippen LogP contribution is -2.25. The molecule has 4 aromatic rings. The highest BCUT2D eigenvalue weighted by Gasteiger charge is 2.21. The van der Waals surface area contributed by atoms with Gasteiger partial charge in [0.1, 0.15) is 17.5 Å². The highest BCUT2D eigenvalue weighted by molar-refractivity contribution is 6.09. The zero-order valence-electron chi connectivity index (χ0n) is 18.7. The number of carbonyl (C=O) groups excluding carboxylic acids is 1. The van der Waals surface area contributed by atoms with Crippen molar-refractivity contribution in [1.29, 1.82) is 0 Å². The van der Waals surface area contributed by atoms with E-state index in [1.54, 1.807) is 0 Å². The molecule has 1 amide bonds. The first-order valence-corrected chi connectivity index (χ1v) is 11.2. The van der Waals surface area contributed by atoms with Gasteiger partial charge in [-0.05, 0) is 62.1 Å². The molecule has 2 N–H and O–H groups in total. The molecule has 1 heterocycles. The van der Waals surface area contributed by atoms with Gasteiger partial charge >= 0.3 is 0 Å². The van der Waals surface area contributed by atoms with E-state index in [1.807, 2.05) is 55.5 Å². The summed E-state index contributed by atoms with van der Waals surface area (Å²) in [6.07, 6.45) is 2.44. The first-order valence-electron chi connectivity index (χ1n) is 11.2. The van der Waals surface area contributed by atoms with Crippen LogP contribution in [0.4, 0.5) is 0 Å². The molecule has 5 heteroatoms. The van der Waals surface area contributed by atoms with Gasteiger partial charge in [-0.15, -0.1) is 0 Å². The van der Waals surface area contributed by atoms with Crippen molar-refractivity contribution < 1.29 is 14.3 Å². The van der Waals surface area contributed by atoms with E-state index in [2.05, 4.69) is 29.7 Å². The first kappa shape index (κ1) is 21.8. The van der Waals surface area contributed by atoms with Crippen LogP contribution >= 0.6 is 0 Å². The van der Waals surface area contributed by atoms with Gasteiger partial charge in [0.25, 0.3) is 0 Å². The van der Waals surface area contributed by atoms with Crippen molar-refractivity contribution in [2.24, 2.45) is 5.73 Å². The summed E-state index contributed by atoms with van der Waals surface area (Å²) in [4.78, 5) is 12.2. The van der Waals surface area contributed by atoms with Crippen molar-refractivity contribution >= 4 is 27.7 Å². The summed E-state index contributed by atoms with van der Waals surface area (Å²) in [5, 5.41) is 2.21. The number of primary amides is 1. The van der Waals surface area contributed by atoms with Gasteiger partial charge in [-0.2, -0.15) is 0 Å². The maximum Gasteiger partial charge on any atom is 0.240 e. The summed E-state index contributed by atoms with van der Waals surface area (Å²) in [7, 11) is 0. The fourth-order valence-corrected chi connectivity index (χ4v) is 4.21. The second-order valence-electron chi connectivity index (χ2n) is 8.11. The van der Waals surface area contributed by atoms with Crippen LogP contribution < -0.4 is 15.2 Å². The Kier molecular flexibility index (Phi) is 6.64. The maximum atomic E-state index is 12.2. The van der Waals surface area contributed by atoms with E-state index < -0.39 is 6.04 Å². The lowest BCUT2D eigenvalue weighted by Gasteiger charge is -2.17. The largest absolute Gasteiger partial charge is 0.494 e. The molecule has 0 saturated carbocycles. The molecule has 0 spiro atoms. The average Bonchev–Trinajstić information content (AvgIpc) is 3.10. The molecule has 4 rings (SSSR count). The summed E-state index contributed by atoms with van der Waals surface area (Å²) in [6, 6.07) is 21.9. The molecule has 1 aromatic heterocycles. The van der Waals surface area contributed by atoms with Gasteiger partial charge in [-0.3, -0.25) is 4.79 Å².